The summed E-state index contributed by atoms with van der Waals surface area (Å²) in [6, 6.07) is -1.05. The van der Waals surface area contributed by atoms with Crippen molar-refractivity contribution < 1.29 is 19.4 Å². The first-order valence-electron chi connectivity index (χ1n) is 6.39. The molecule has 0 bridgehead atoms. The monoisotopic (exact) mass is 270 g/mol. The Bertz CT molecular complexity index is 346. The number of likely N-dealkylation sites (tertiary alicyclic amines) is 1. The molecular weight excluding hydrogens is 248 g/mol. The molecule has 1 aliphatic rings. The van der Waals surface area contributed by atoms with Gasteiger partial charge in [0, 0.05) is 33.7 Å². The number of methoxy groups -OCH3 is 1. The van der Waals surface area contributed by atoms with Crippen molar-refractivity contribution in [2.45, 2.75) is 31.4 Å². The lowest BCUT2D eigenvalue weighted by molar-refractivity contribution is -0.141. The van der Waals surface area contributed by atoms with Crippen LogP contribution in [0.25, 0.3) is 0 Å². The molecule has 1 aliphatic heterocycles. The molecular formula is C13H22N2O4. The van der Waals surface area contributed by atoms with Crippen molar-refractivity contribution in [1.82, 2.24) is 9.80 Å². The molecule has 108 valence electrons. The third kappa shape index (κ3) is 3.96. The summed E-state index contributed by atoms with van der Waals surface area (Å²) in [6.07, 6.45) is 3.60. The van der Waals surface area contributed by atoms with Gasteiger partial charge in [-0.3, -0.25) is 0 Å². The molecule has 0 aliphatic carbocycles. The molecule has 6 heteroatoms. The average molecular weight is 270 g/mol. The molecule has 0 aromatic rings. The lowest BCUT2D eigenvalue weighted by atomic mass is 10.2. The molecule has 0 spiro atoms. The Balaban J connectivity index is 2.62. The summed E-state index contributed by atoms with van der Waals surface area (Å²) in [7, 11) is 3.22. The minimum Gasteiger partial charge on any atom is -0.480 e. The van der Waals surface area contributed by atoms with Crippen molar-refractivity contribution in [3.05, 3.63) is 12.7 Å². The maximum Gasteiger partial charge on any atom is 0.326 e. The predicted molar refractivity (Wildman–Crippen MR) is 71.0 cm³/mol. The average Bonchev–Trinajstić information content (AvgIpc) is 2.82. The molecule has 0 radical (unpaired) electrons. The molecule has 19 heavy (non-hydrogen) atoms. The van der Waals surface area contributed by atoms with Crippen LogP contribution in [0.1, 0.15) is 19.3 Å². The van der Waals surface area contributed by atoms with E-state index in [4.69, 9.17) is 9.84 Å². The van der Waals surface area contributed by atoms with Crippen molar-refractivity contribution in [3.8, 4) is 0 Å². The third-order valence-corrected chi connectivity index (χ3v) is 3.36. The van der Waals surface area contributed by atoms with Crippen LogP contribution < -0.4 is 0 Å². The number of urea groups is 1. The molecule has 6 nitrogen and oxygen atoms in total. The van der Waals surface area contributed by atoms with Gasteiger partial charge in [-0.2, -0.15) is 0 Å². The predicted octanol–water partition coefficient (Wildman–Crippen LogP) is 1.18. The van der Waals surface area contributed by atoms with Crippen molar-refractivity contribution in [1.29, 1.82) is 0 Å². The number of allylic oxidation sites excluding steroid dienone is 1. The molecule has 1 fully saturated rings. The van der Waals surface area contributed by atoms with Gasteiger partial charge in [-0.1, -0.05) is 6.08 Å². The second-order valence-corrected chi connectivity index (χ2v) is 4.73. The summed E-state index contributed by atoms with van der Waals surface area (Å²) in [5.41, 5.74) is 0. The number of carboxylic acid groups (broad SMARTS) is 1. The molecule has 2 amide bonds. The van der Waals surface area contributed by atoms with Crippen LogP contribution in [0.15, 0.2) is 12.7 Å². The Labute approximate surface area is 113 Å². The van der Waals surface area contributed by atoms with Gasteiger partial charge in [0.1, 0.15) is 6.04 Å². The Morgan fingerprint density at radius 2 is 2.26 bits per heavy atom. The lowest BCUT2D eigenvalue weighted by Gasteiger charge is -2.27. The molecule has 1 rings (SSSR count). The Hall–Kier alpha value is -1.56. The second kappa shape index (κ2) is 7.13. The molecule has 1 N–H and O–H groups in total. The smallest absolute Gasteiger partial charge is 0.326 e. The number of ether oxygens (including phenoxy) is 1. The zero-order valence-electron chi connectivity index (χ0n) is 11.5. The number of carbonyl (C=O) groups is 2. The first-order valence-corrected chi connectivity index (χ1v) is 6.39. The number of amides is 2. The second-order valence-electron chi connectivity index (χ2n) is 4.73. The van der Waals surface area contributed by atoms with Crippen LogP contribution in [0, 0.1) is 0 Å². The van der Waals surface area contributed by atoms with E-state index in [0.717, 1.165) is 12.8 Å². The van der Waals surface area contributed by atoms with E-state index >= 15 is 0 Å². The van der Waals surface area contributed by atoms with Crippen LogP contribution in [0.3, 0.4) is 0 Å². The van der Waals surface area contributed by atoms with E-state index in [2.05, 4.69) is 6.58 Å². The summed E-state index contributed by atoms with van der Waals surface area (Å²) in [4.78, 5) is 26.3. The molecule has 0 aromatic heterocycles. The van der Waals surface area contributed by atoms with E-state index in [1.54, 1.807) is 18.0 Å². The van der Waals surface area contributed by atoms with Gasteiger partial charge < -0.3 is 19.6 Å². The minimum atomic E-state index is -0.979. The SMILES string of the molecule is C=CCCCN(C)C(=O)N1CC(OC)CC1C(=O)O. The quantitative estimate of drug-likeness (QED) is 0.581. The molecule has 1 saturated heterocycles. The molecule has 2 atom stereocenters. The number of aliphatic carboxylic acids is 1. The van der Waals surface area contributed by atoms with Crippen LogP contribution in [0.2, 0.25) is 0 Å². The number of hydrogen-bond acceptors (Lipinski definition) is 3. The number of carbonyl (C=O) groups excluding carboxylic acids is 1. The van der Waals surface area contributed by atoms with Crippen LogP contribution in [0.5, 0.6) is 0 Å². The molecule has 2 unspecified atom stereocenters. The zero-order chi connectivity index (χ0) is 14.4. The van der Waals surface area contributed by atoms with Crippen molar-refractivity contribution in [2.75, 3.05) is 27.2 Å². The highest BCUT2D eigenvalue weighted by Crippen LogP contribution is 2.21. The number of carboxylic acids is 1. The van der Waals surface area contributed by atoms with E-state index in [9.17, 15) is 9.59 Å². The summed E-state index contributed by atoms with van der Waals surface area (Å²) in [6.45, 7) is 4.55. The fraction of sp³-hybridized carbons (Fsp3) is 0.692. The Morgan fingerprint density at radius 3 is 2.79 bits per heavy atom. The number of nitrogens with zero attached hydrogens (tertiary/aromatic N) is 2. The van der Waals surface area contributed by atoms with Gasteiger partial charge in [-0.15, -0.1) is 6.58 Å². The first-order chi connectivity index (χ1) is 9.01. The summed E-state index contributed by atoms with van der Waals surface area (Å²) in [5.74, 6) is -0.979. The molecule has 0 aromatic carbocycles. The van der Waals surface area contributed by atoms with Crippen molar-refractivity contribution in [2.24, 2.45) is 0 Å². The largest absolute Gasteiger partial charge is 0.480 e. The van der Waals surface area contributed by atoms with Gasteiger partial charge in [-0.25, -0.2) is 9.59 Å². The standard InChI is InChI=1S/C13H22N2O4/c1-4-5-6-7-14(2)13(18)15-9-10(19-3)8-11(15)12(16)17/h4,10-11H,1,5-9H2,2-3H3,(H,16,17). The van der Waals surface area contributed by atoms with Crippen LogP contribution >= 0.6 is 0 Å². The van der Waals surface area contributed by atoms with Crippen LogP contribution in [0.4, 0.5) is 4.79 Å². The van der Waals surface area contributed by atoms with E-state index < -0.39 is 12.0 Å². The first kappa shape index (κ1) is 15.5. The lowest BCUT2D eigenvalue weighted by Crippen LogP contribution is -2.47. The molecule has 1 heterocycles. The topological polar surface area (TPSA) is 70.1 Å². The van der Waals surface area contributed by atoms with Crippen molar-refractivity contribution in [3.63, 3.8) is 0 Å². The number of unbranched alkanes of at least 4 members (excludes halogenated alkanes) is 1. The van der Waals surface area contributed by atoms with Crippen LogP contribution in [-0.4, -0.2) is 66.3 Å². The van der Waals surface area contributed by atoms with Crippen LogP contribution in [-0.2, 0) is 9.53 Å². The number of rotatable bonds is 6. The Kier molecular flexibility index (Phi) is 5.82. The fourth-order valence-corrected chi connectivity index (χ4v) is 2.20. The Morgan fingerprint density at radius 1 is 1.58 bits per heavy atom. The molecule has 0 saturated carbocycles. The van der Waals surface area contributed by atoms with Gasteiger partial charge in [0.15, 0.2) is 0 Å². The van der Waals surface area contributed by atoms with Gasteiger partial charge in [-0.05, 0) is 12.8 Å². The minimum absolute atomic E-state index is 0.202. The van der Waals surface area contributed by atoms with E-state index in [-0.39, 0.29) is 12.1 Å². The maximum absolute atomic E-state index is 12.2. The highest BCUT2D eigenvalue weighted by Gasteiger charge is 2.40. The van der Waals surface area contributed by atoms with Gasteiger partial charge >= 0.3 is 12.0 Å². The van der Waals surface area contributed by atoms with Gasteiger partial charge in [0.2, 0.25) is 0 Å². The summed E-state index contributed by atoms with van der Waals surface area (Å²) < 4.78 is 5.16. The third-order valence-electron chi connectivity index (χ3n) is 3.36. The van der Waals surface area contributed by atoms with E-state index in [1.807, 2.05) is 0 Å². The highest BCUT2D eigenvalue weighted by molar-refractivity contribution is 5.83. The van der Waals surface area contributed by atoms with Crippen molar-refractivity contribution >= 4 is 12.0 Å². The van der Waals surface area contributed by atoms with Gasteiger partial charge in [0.05, 0.1) is 6.10 Å². The van der Waals surface area contributed by atoms with Gasteiger partial charge in [0.25, 0.3) is 0 Å². The summed E-state index contributed by atoms with van der Waals surface area (Å²) in [5, 5.41) is 9.16. The number of hydrogen-bond donors (Lipinski definition) is 1. The summed E-state index contributed by atoms with van der Waals surface area (Å²) >= 11 is 0. The zero-order valence-corrected chi connectivity index (χ0v) is 11.5. The normalized spacial score (nSPS) is 22.3. The van der Waals surface area contributed by atoms with E-state index in [1.165, 1.54) is 12.0 Å². The fourth-order valence-electron chi connectivity index (χ4n) is 2.20. The highest BCUT2D eigenvalue weighted by atomic mass is 16.5. The maximum atomic E-state index is 12.2. The van der Waals surface area contributed by atoms with E-state index in [0.29, 0.717) is 19.5 Å².